The van der Waals surface area contributed by atoms with Crippen LogP contribution in [0.2, 0.25) is 0 Å². The number of nitrogens with two attached hydrogens (primary N) is 1. The number of carbonyl (C=O) groups excluding carboxylic acids is 1. The number of aliphatic carboxylic acids is 1. The topological polar surface area (TPSA) is 109 Å². The van der Waals surface area contributed by atoms with Gasteiger partial charge in [0.25, 0.3) is 0 Å². The number of carboxylic acid groups (broad SMARTS) is 1. The van der Waals surface area contributed by atoms with E-state index in [0.717, 1.165) is 0 Å². The third-order valence-corrected chi connectivity index (χ3v) is 6.07. The summed E-state index contributed by atoms with van der Waals surface area (Å²) in [7, 11) is 0. The molecule has 2 aliphatic heterocycles. The summed E-state index contributed by atoms with van der Waals surface area (Å²) < 4.78 is 0.657. The lowest BCUT2D eigenvalue weighted by molar-refractivity contribution is -0.147. The first kappa shape index (κ1) is 12.9. The molecule has 1 aromatic rings. The van der Waals surface area contributed by atoms with E-state index in [0.29, 0.717) is 15.0 Å². The third kappa shape index (κ3) is 2.04. The Morgan fingerprint density at radius 1 is 1.63 bits per heavy atom. The number of carboxylic acids is 1. The molecule has 19 heavy (non-hydrogen) atoms. The highest BCUT2D eigenvalue weighted by Gasteiger charge is 2.51. The molecule has 0 radical (unpaired) electrons. The minimum absolute atomic E-state index is 0.0238. The second kappa shape index (κ2) is 4.78. The highest BCUT2D eigenvalue weighted by atomic mass is 32.2. The Morgan fingerprint density at radius 3 is 3.05 bits per heavy atom. The molecule has 7 nitrogen and oxygen atoms in total. The molecule has 2 atom stereocenters. The molecule has 0 spiro atoms. The van der Waals surface area contributed by atoms with E-state index in [1.165, 1.54) is 39.8 Å². The van der Waals surface area contributed by atoms with Crippen molar-refractivity contribution in [3.8, 4) is 0 Å². The summed E-state index contributed by atoms with van der Waals surface area (Å²) in [4.78, 5) is 25.0. The molecular formula is C9H8N4O3S3. The van der Waals surface area contributed by atoms with Crippen LogP contribution in [0, 0.1) is 0 Å². The molecule has 2 aliphatic rings. The quantitative estimate of drug-likeness (QED) is 0.759. The van der Waals surface area contributed by atoms with Crippen LogP contribution in [0.1, 0.15) is 0 Å². The Hall–Kier alpha value is -1.10. The van der Waals surface area contributed by atoms with Gasteiger partial charge in [0.2, 0.25) is 5.91 Å². The van der Waals surface area contributed by atoms with Gasteiger partial charge in [-0.25, -0.2) is 4.79 Å². The Morgan fingerprint density at radius 2 is 2.42 bits per heavy atom. The number of carbonyl (C=O) groups is 2. The first-order chi connectivity index (χ1) is 9.09. The SMILES string of the molecule is NC1C(=O)N2C(C(=O)O)=C(Sc3nncs3)CSC12. The van der Waals surface area contributed by atoms with E-state index in [-0.39, 0.29) is 17.0 Å². The van der Waals surface area contributed by atoms with Gasteiger partial charge in [0.05, 0.1) is 0 Å². The minimum atomic E-state index is -1.11. The molecule has 1 fully saturated rings. The van der Waals surface area contributed by atoms with Gasteiger partial charge in [0.1, 0.15) is 22.6 Å². The summed E-state index contributed by atoms with van der Waals surface area (Å²) in [6.45, 7) is 0. The van der Waals surface area contributed by atoms with E-state index in [1.54, 1.807) is 5.51 Å². The van der Waals surface area contributed by atoms with Gasteiger partial charge >= 0.3 is 5.97 Å². The summed E-state index contributed by atoms with van der Waals surface area (Å²) in [6.07, 6.45) is 0. The monoisotopic (exact) mass is 316 g/mol. The van der Waals surface area contributed by atoms with Crippen molar-refractivity contribution in [1.29, 1.82) is 0 Å². The van der Waals surface area contributed by atoms with Crippen LogP contribution in [0.5, 0.6) is 0 Å². The fourth-order valence-electron chi connectivity index (χ4n) is 1.88. The number of β-lactam (4-membered cyclic amide) rings is 1. The number of nitrogens with zero attached hydrogens (tertiary/aromatic N) is 3. The molecule has 0 aromatic carbocycles. The predicted molar refractivity (Wildman–Crippen MR) is 71.5 cm³/mol. The number of fused-ring (bicyclic) bond motifs is 1. The average molecular weight is 316 g/mol. The molecule has 2 unspecified atom stereocenters. The van der Waals surface area contributed by atoms with Crippen LogP contribution in [0.25, 0.3) is 0 Å². The van der Waals surface area contributed by atoms with Crippen LogP contribution >= 0.6 is 34.9 Å². The fraction of sp³-hybridized carbons (Fsp3) is 0.333. The second-order valence-corrected chi connectivity index (χ2v) is 7.10. The molecule has 3 heterocycles. The molecule has 3 rings (SSSR count). The lowest BCUT2D eigenvalue weighted by atomic mass is 10.1. The lowest BCUT2D eigenvalue weighted by Crippen LogP contribution is -2.68. The molecular weight excluding hydrogens is 308 g/mol. The zero-order valence-corrected chi connectivity index (χ0v) is 11.8. The van der Waals surface area contributed by atoms with E-state index >= 15 is 0 Å². The maximum Gasteiger partial charge on any atom is 0.353 e. The van der Waals surface area contributed by atoms with Gasteiger partial charge in [-0.15, -0.1) is 22.0 Å². The Labute approximate surface area is 120 Å². The fourth-order valence-corrected chi connectivity index (χ4v) is 4.94. The van der Waals surface area contributed by atoms with Crippen molar-refractivity contribution in [3.63, 3.8) is 0 Å². The van der Waals surface area contributed by atoms with Gasteiger partial charge in [-0.2, -0.15) is 0 Å². The van der Waals surface area contributed by atoms with E-state index in [9.17, 15) is 14.7 Å². The maximum absolute atomic E-state index is 11.7. The summed E-state index contributed by atoms with van der Waals surface area (Å²) in [5, 5.41) is 16.6. The summed E-state index contributed by atoms with van der Waals surface area (Å²) in [5.74, 6) is -0.948. The van der Waals surface area contributed by atoms with Crippen LogP contribution in [0.15, 0.2) is 20.5 Å². The molecule has 0 bridgehead atoms. The highest BCUT2D eigenvalue weighted by Crippen LogP contribution is 2.44. The van der Waals surface area contributed by atoms with E-state index < -0.39 is 12.0 Å². The van der Waals surface area contributed by atoms with Crippen molar-refractivity contribution in [1.82, 2.24) is 15.1 Å². The molecule has 1 aromatic heterocycles. The average Bonchev–Trinajstić information content (AvgIpc) is 2.89. The van der Waals surface area contributed by atoms with Gasteiger partial charge in [0, 0.05) is 10.7 Å². The van der Waals surface area contributed by atoms with Crippen LogP contribution in [-0.2, 0) is 9.59 Å². The minimum Gasteiger partial charge on any atom is -0.477 e. The smallest absolute Gasteiger partial charge is 0.353 e. The summed E-state index contributed by atoms with van der Waals surface area (Å²) in [5.41, 5.74) is 7.27. The molecule has 100 valence electrons. The first-order valence-corrected chi connectivity index (χ1v) is 7.95. The van der Waals surface area contributed by atoms with Crippen molar-refractivity contribution >= 4 is 46.7 Å². The first-order valence-electron chi connectivity index (χ1n) is 5.20. The molecule has 1 saturated heterocycles. The van der Waals surface area contributed by atoms with E-state index in [4.69, 9.17) is 5.73 Å². The normalized spacial score (nSPS) is 26.2. The van der Waals surface area contributed by atoms with Crippen molar-refractivity contribution in [3.05, 3.63) is 16.1 Å². The largest absolute Gasteiger partial charge is 0.477 e. The van der Waals surface area contributed by atoms with Gasteiger partial charge in [-0.3, -0.25) is 9.69 Å². The molecule has 1 amide bonds. The zero-order valence-electron chi connectivity index (χ0n) is 9.35. The van der Waals surface area contributed by atoms with E-state index in [2.05, 4.69) is 10.2 Å². The Balaban J connectivity index is 1.95. The number of aromatic nitrogens is 2. The molecule has 3 N–H and O–H groups in total. The number of thioether (sulfide) groups is 2. The zero-order chi connectivity index (χ0) is 13.6. The summed E-state index contributed by atoms with van der Waals surface area (Å²) in [6, 6.07) is -0.604. The van der Waals surface area contributed by atoms with Crippen molar-refractivity contribution in [2.75, 3.05) is 5.75 Å². The Bertz CT molecular complexity index is 573. The number of hydrogen-bond donors (Lipinski definition) is 2. The number of rotatable bonds is 3. The second-order valence-electron chi connectivity index (χ2n) is 3.82. The van der Waals surface area contributed by atoms with Crippen molar-refractivity contribution in [2.24, 2.45) is 5.73 Å². The molecule has 0 saturated carbocycles. The molecule has 10 heteroatoms. The third-order valence-electron chi connectivity index (χ3n) is 2.73. The van der Waals surface area contributed by atoms with Crippen molar-refractivity contribution in [2.45, 2.75) is 15.8 Å². The van der Waals surface area contributed by atoms with Crippen LogP contribution < -0.4 is 5.73 Å². The number of hydrogen-bond acceptors (Lipinski definition) is 8. The van der Waals surface area contributed by atoms with Gasteiger partial charge in [-0.1, -0.05) is 23.1 Å². The van der Waals surface area contributed by atoms with Gasteiger partial charge < -0.3 is 10.8 Å². The molecule has 0 aliphatic carbocycles. The lowest BCUT2D eigenvalue weighted by Gasteiger charge is -2.47. The van der Waals surface area contributed by atoms with Crippen molar-refractivity contribution < 1.29 is 14.7 Å². The van der Waals surface area contributed by atoms with Crippen LogP contribution in [-0.4, -0.2) is 49.2 Å². The van der Waals surface area contributed by atoms with E-state index in [1.807, 2.05) is 0 Å². The number of amides is 1. The Kier molecular flexibility index (Phi) is 3.25. The highest BCUT2D eigenvalue weighted by molar-refractivity contribution is 8.07. The predicted octanol–water partition coefficient (Wildman–Crippen LogP) is 0.169. The van der Waals surface area contributed by atoms with Crippen LogP contribution in [0.3, 0.4) is 0 Å². The van der Waals surface area contributed by atoms with Gasteiger partial charge in [0.15, 0.2) is 4.34 Å². The maximum atomic E-state index is 11.7. The van der Waals surface area contributed by atoms with Gasteiger partial charge in [-0.05, 0) is 0 Å². The standard InChI is InChI=1S/C9H8N4O3S3/c10-4-6(14)13-5(8(15)16)3(1-17-7(4)13)19-9-12-11-2-18-9/h2,4,7H,1,10H2,(H,15,16). The van der Waals surface area contributed by atoms with Crippen LogP contribution in [0.4, 0.5) is 0 Å². The summed E-state index contributed by atoms with van der Waals surface area (Å²) >= 11 is 4.04.